The number of carbonyl (C=O) groups is 3. The number of urea groups is 1. The first kappa shape index (κ1) is 16.3. The number of carboxylic acids is 1. The number of carbonyl (C=O) groups excluding carboxylic acids is 2. The molecule has 0 saturated heterocycles. The van der Waals surface area contributed by atoms with Gasteiger partial charge in [0.25, 0.3) is 0 Å². The number of amides is 3. The van der Waals surface area contributed by atoms with Crippen LogP contribution in [0, 0.1) is 5.41 Å². The minimum absolute atomic E-state index is 0.237. The molecule has 0 unspecified atom stereocenters. The van der Waals surface area contributed by atoms with Crippen LogP contribution in [-0.2, 0) is 9.59 Å². The van der Waals surface area contributed by atoms with Crippen molar-refractivity contribution >= 4 is 17.9 Å². The first-order valence-corrected chi connectivity index (χ1v) is 5.82. The summed E-state index contributed by atoms with van der Waals surface area (Å²) in [6, 6.07) is -1.27. The van der Waals surface area contributed by atoms with Crippen molar-refractivity contribution in [1.82, 2.24) is 10.6 Å². The van der Waals surface area contributed by atoms with Gasteiger partial charge in [0, 0.05) is 6.42 Å². The molecule has 114 valence electrons. The van der Waals surface area contributed by atoms with E-state index < -0.39 is 41.5 Å². The summed E-state index contributed by atoms with van der Waals surface area (Å²) in [5.41, 5.74) is -3.68. The number of nitrogens with one attached hydrogen (secondary N) is 2. The lowest BCUT2D eigenvalue weighted by atomic mass is 9.89. The van der Waals surface area contributed by atoms with E-state index in [1.54, 1.807) is 10.6 Å². The van der Waals surface area contributed by atoms with E-state index in [1.165, 1.54) is 13.8 Å². The zero-order valence-corrected chi connectivity index (χ0v) is 10.9. The Morgan fingerprint density at radius 2 is 1.70 bits per heavy atom. The van der Waals surface area contributed by atoms with Crippen molar-refractivity contribution < 1.29 is 32.7 Å². The Morgan fingerprint density at radius 3 is 2.05 bits per heavy atom. The fourth-order valence-corrected chi connectivity index (χ4v) is 1.50. The van der Waals surface area contributed by atoms with Crippen LogP contribution in [0.15, 0.2) is 0 Å². The highest BCUT2D eigenvalue weighted by molar-refractivity contribution is 5.96. The molecule has 0 radical (unpaired) electrons. The molecule has 0 aromatic carbocycles. The fraction of sp³-hybridized carbons (Fsp3) is 0.727. The van der Waals surface area contributed by atoms with Gasteiger partial charge in [-0.3, -0.25) is 14.9 Å². The third kappa shape index (κ3) is 3.61. The Hall–Kier alpha value is -1.80. The minimum Gasteiger partial charge on any atom is -0.481 e. The first-order valence-electron chi connectivity index (χ1n) is 5.82. The molecule has 3 N–H and O–H groups in total. The van der Waals surface area contributed by atoms with Crippen molar-refractivity contribution in [2.75, 3.05) is 0 Å². The van der Waals surface area contributed by atoms with Crippen LogP contribution in [0.1, 0.15) is 33.1 Å². The highest BCUT2D eigenvalue weighted by Crippen LogP contribution is 2.48. The van der Waals surface area contributed by atoms with Crippen LogP contribution in [0.2, 0.25) is 0 Å². The van der Waals surface area contributed by atoms with E-state index in [2.05, 4.69) is 0 Å². The number of imide groups is 1. The molecule has 0 heterocycles. The highest BCUT2D eigenvalue weighted by Gasteiger charge is 2.64. The molecule has 1 rings (SSSR count). The van der Waals surface area contributed by atoms with E-state index in [1.807, 2.05) is 0 Å². The lowest BCUT2D eigenvalue weighted by Crippen LogP contribution is -2.53. The minimum atomic E-state index is -4.58. The molecule has 1 aliphatic carbocycles. The van der Waals surface area contributed by atoms with Gasteiger partial charge in [0.05, 0.1) is 5.41 Å². The van der Waals surface area contributed by atoms with Crippen LogP contribution in [0.4, 0.5) is 18.0 Å². The van der Waals surface area contributed by atoms with Gasteiger partial charge in [0.1, 0.15) is 5.54 Å². The summed E-state index contributed by atoms with van der Waals surface area (Å²) in [6.07, 6.45) is -5.57. The normalized spacial score (nSPS) is 17.2. The Labute approximate surface area is 112 Å². The molecular formula is C11H15F3N2O4. The van der Waals surface area contributed by atoms with Crippen molar-refractivity contribution in [2.24, 2.45) is 5.41 Å². The highest BCUT2D eigenvalue weighted by atomic mass is 19.4. The molecule has 0 aliphatic heterocycles. The number of alkyl halides is 3. The topological polar surface area (TPSA) is 95.5 Å². The summed E-state index contributed by atoms with van der Waals surface area (Å²) in [5.74, 6) is -2.20. The van der Waals surface area contributed by atoms with Crippen LogP contribution >= 0.6 is 0 Å². The standard InChI is InChI=1S/C11H15F3N2O4/c1-9(2,7(18)19)5-6(17)15-8(20)16-10(3-4-10)11(12,13)14/h3-5H2,1-2H3,(H,18,19)(H2,15,16,17,20). The maximum atomic E-state index is 12.6. The van der Waals surface area contributed by atoms with Gasteiger partial charge in [0.2, 0.25) is 5.91 Å². The molecule has 0 aromatic heterocycles. The molecule has 1 saturated carbocycles. The number of halogens is 3. The Balaban J connectivity index is 2.52. The SMILES string of the molecule is CC(C)(CC(=O)NC(=O)NC1(C(F)(F)F)CC1)C(=O)O. The van der Waals surface area contributed by atoms with E-state index in [0.29, 0.717) is 0 Å². The number of hydrogen-bond donors (Lipinski definition) is 3. The molecule has 0 spiro atoms. The van der Waals surface area contributed by atoms with Gasteiger partial charge in [-0.2, -0.15) is 13.2 Å². The Morgan fingerprint density at radius 1 is 1.20 bits per heavy atom. The smallest absolute Gasteiger partial charge is 0.411 e. The van der Waals surface area contributed by atoms with Gasteiger partial charge < -0.3 is 10.4 Å². The van der Waals surface area contributed by atoms with Gasteiger partial charge in [-0.05, 0) is 26.7 Å². The van der Waals surface area contributed by atoms with E-state index in [4.69, 9.17) is 5.11 Å². The molecule has 6 nitrogen and oxygen atoms in total. The second-order valence-corrected chi connectivity index (χ2v) is 5.45. The van der Waals surface area contributed by atoms with Crippen LogP contribution in [-0.4, -0.2) is 34.7 Å². The van der Waals surface area contributed by atoms with Crippen molar-refractivity contribution in [2.45, 2.75) is 44.8 Å². The second-order valence-electron chi connectivity index (χ2n) is 5.45. The van der Waals surface area contributed by atoms with Crippen LogP contribution in [0.3, 0.4) is 0 Å². The van der Waals surface area contributed by atoms with Gasteiger partial charge >= 0.3 is 18.2 Å². The van der Waals surface area contributed by atoms with Crippen LogP contribution in [0.25, 0.3) is 0 Å². The molecule has 20 heavy (non-hydrogen) atoms. The molecule has 0 aromatic rings. The van der Waals surface area contributed by atoms with Crippen LogP contribution < -0.4 is 10.6 Å². The van der Waals surface area contributed by atoms with Crippen molar-refractivity contribution in [3.8, 4) is 0 Å². The largest absolute Gasteiger partial charge is 0.481 e. The average Bonchev–Trinajstić information content (AvgIpc) is 2.95. The number of aliphatic carboxylic acids is 1. The summed E-state index contributed by atoms with van der Waals surface area (Å²) < 4.78 is 37.7. The van der Waals surface area contributed by atoms with Gasteiger partial charge in [-0.15, -0.1) is 0 Å². The van der Waals surface area contributed by atoms with E-state index >= 15 is 0 Å². The van der Waals surface area contributed by atoms with Gasteiger partial charge in [0.15, 0.2) is 0 Å². The number of hydrogen-bond acceptors (Lipinski definition) is 3. The molecule has 3 amide bonds. The molecule has 9 heteroatoms. The predicted octanol–water partition coefficient (Wildman–Crippen LogP) is 1.41. The fourth-order valence-electron chi connectivity index (χ4n) is 1.50. The maximum absolute atomic E-state index is 12.6. The van der Waals surface area contributed by atoms with Crippen molar-refractivity contribution in [3.63, 3.8) is 0 Å². The molecular weight excluding hydrogens is 281 g/mol. The van der Waals surface area contributed by atoms with Crippen LogP contribution in [0.5, 0.6) is 0 Å². The zero-order valence-electron chi connectivity index (χ0n) is 10.9. The third-order valence-corrected chi connectivity index (χ3v) is 3.08. The van der Waals surface area contributed by atoms with Crippen molar-refractivity contribution in [3.05, 3.63) is 0 Å². The first-order chi connectivity index (χ1) is 8.90. The summed E-state index contributed by atoms with van der Waals surface area (Å²) in [7, 11) is 0. The second kappa shape index (κ2) is 4.95. The summed E-state index contributed by atoms with van der Waals surface area (Å²) in [4.78, 5) is 33.5. The average molecular weight is 296 g/mol. The van der Waals surface area contributed by atoms with E-state index in [-0.39, 0.29) is 12.8 Å². The van der Waals surface area contributed by atoms with E-state index in [9.17, 15) is 27.6 Å². The molecule has 1 aliphatic rings. The predicted molar refractivity (Wildman–Crippen MR) is 60.7 cm³/mol. The Kier molecular flexibility index (Phi) is 4.02. The zero-order chi connectivity index (χ0) is 15.8. The number of rotatable bonds is 4. The summed E-state index contributed by atoms with van der Waals surface area (Å²) in [5, 5.41) is 12.2. The maximum Gasteiger partial charge on any atom is 0.411 e. The quantitative estimate of drug-likeness (QED) is 0.731. The van der Waals surface area contributed by atoms with Gasteiger partial charge in [-0.1, -0.05) is 0 Å². The van der Waals surface area contributed by atoms with E-state index in [0.717, 1.165) is 0 Å². The van der Waals surface area contributed by atoms with Gasteiger partial charge in [-0.25, -0.2) is 4.79 Å². The molecule has 0 atom stereocenters. The molecule has 0 bridgehead atoms. The summed E-state index contributed by atoms with van der Waals surface area (Å²) in [6.45, 7) is 2.54. The summed E-state index contributed by atoms with van der Waals surface area (Å²) >= 11 is 0. The lowest BCUT2D eigenvalue weighted by molar-refractivity contribution is -0.162. The third-order valence-electron chi connectivity index (χ3n) is 3.08. The number of carboxylic acid groups (broad SMARTS) is 1. The van der Waals surface area contributed by atoms with Crippen molar-refractivity contribution in [1.29, 1.82) is 0 Å². The lowest BCUT2D eigenvalue weighted by Gasteiger charge is -2.21. The Bertz CT molecular complexity index is 441. The monoisotopic (exact) mass is 296 g/mol. The molecule has 1 fully saturated rings.